The first kappa shape index (κ1) is 29.8. The minimum atomic E-state index is -0.0763. The van der Waals surface area contributed by atoms with Crippen molar-refractivity contribution < 1.29 is 14.8 Å². The molecule has 2 unspecified atom stereocenters. The lowest BCUT2D eigenvalue weighted by Gasteiger charge is -2.36. The Hall–Kier alpha value is -3.16. The van der Waals surface area contributed by atoms with Gasteiger partial charge < -0.3 is 20.3 Å². The Kier molecular flexibility index (Phi) is 11.2. The van der Waals surface area contributed by atoms with Crippen molar-refractivity contribution in [2.45, 2.75) is 69.9 Å². The topological polar surface area (TPSA) is 76.1 Å². The third kappa shape index (κ3) is 8.18. The number of piperidine rings is 1. The van der Waals surface area contributed by atoms with Gasteiger partial charge in [0.25, 0.3) is 0 Å². The van der Waals surface area contributed by atoms with Crippen molar-refractivity contribution in [1.29, 1.82) is 0 Å². The number of carbonyl (C=O) groups is 2. The zero-order chi connectivity index (χ0) is 28.3. The molecule has 40 heavy (non-hydrogen) atoms. The van der Waals surface area contributed by atoms with Crippen LogP contribution >= 0.6 is 0 Å². The summed E-state index contributed by atoms with van der Waals surface area (Å²) in [6.07, 6.45) is 9.14. The largest absolute Gasteiger partial charge is 0.342 e. The lowest BCUT2D eigenvalue weighted by molar-refractivity contribution is -0.134. The number of likely N-dealkylation sites (tertiary alicyclic amines) is 1. The second-order valence-corrected chi connectivity index (χ2v) is 11.4. The number of carbonyl (C=O) groups excluding carboxylic acids is 2. The molecule has 2 heterocycles. The zero-order valence-corrected chi connectivity index (χ0v) is 24.0. The Morgan fingerprint density at radius 1 is 0.975 bits per heavy atom. The Balaban J connectivity index is 0.000000188. The van der Waals surface area contributed by atoms with Crippen molar-refractivity contribution in [3.05, 3.63) is 84.4 Å². The molecule has 2 aliphatic heterocycles. The summed E-state index contributed by atoms with van der Waals surface area (Å²) < 4.78 is 0. The van der Waals surface area contributed by atoms with E-state index in [0.717, 1.165) is 50.8 Å². The number of nitrogens with zero attached hydrogens (tertiary/aromatic N) is 3. The van der Waals surface area contributed by atoms with Crippen LogP contribution in [0.25, 0.3) is 0 Å². The summed E-state index contributed by atoms with van der Waals surface area (Å²) in [7, 11) is 0. The number of nitrogens with one attached hydrogen (secondary N) is 1. The highest BCUT2D eigenvalue weighted by Crippen LogP contribution is 2.32. The first-order valence-corrected chi connectivity index (χ1v) is 15.0. The van der Waals surface area contributed by atoms with E-state index >= 15 is 0 Å². The van der Waals surface area contributed by atoms with Crippen LogP contribution in [0.3, 0.4) is 0 Å². The van der Waals surface area contributed by atoms with E-state index in [1.54, 1.807) is 6.08 Å². The fourth-order valence-corrected chi connectivity index (χ4v) is 6.18. The third-order valence-electron chi connectivity index (χ3n) is 8.58. The number of hydrogen-bond donors (Lipinski definition) is 2. The predicted octanol–water partition coefficient (Wildman–Crippen LogP) is 5.99. The van der Waals surface area contributed by atoms with Crippen molar-refractivity contribution in [3.63, 3.8) is 0 Å². The summed E-state index contributed by atoms with van der Waals surface area (Å²) in [5, 5.41) is 13.8. The van der Waals surface area contributed by atoms with Crippen molar-refractivity contribution in [3.8, 4) is 0 Å². The number of benzene rings is 2. The fraction of sp³-hybridized carbons (Fsp3) is 0.515. The van der Waals surface area contributed by atoms with Gasteiger partial charge in [-0.25, -0.2) is 4.79 Å². The van der Waals surface area contributed by atoms with Crippen LogP contribution in [-0.4, -0.2) is 70.8 Å². The molecule has 0 spiro atoms. The molecule has 2 aromatic rings. The van der Waals surface area contributed by atoms with Crippen LogP contribution in [0.5, 0.6) is 0 Å². The highest BCUT2D eigenvalue weighted by atomic mass is 16.5. The van der Waals surface area contributed by atoms with Crippen LogP contribution in [-0.2, 0) is 4.79 Å². The maximum absolute atomic E-state index is 12.6. The van der Waals surface area contributed by atoms with Gasteiger partial charge in [0.15, 0.2) is 0 Å². The third-order valence-corrected chi connectivity index (χ3v) is 8.58. The fourth-order valence-electron chi connectivity index (χ4n) is 6.18. The summed E-state index contributed by atoms with van der Waals surface area (Å²) >= 11 is 0. The number of urea groups is 1. The second kappa shape index (κ2) is 15.0. The van der Waals surface area contributed by atoms with Gasteiger partial charge in [-0.2, -0.15) is 5.06 Å². The number of hydroxylamine groups is 2. The van der Waals surface area contributed by atoms with Crippen molar-refractivity contribution in [2.75, 3.05) is 32.7 Å². The van der Waals surface area contributed by atoms with Gasteiger partial charge in [0.1, 0.15) is 0 Å². The molecule has 0 bridgehead atoms. The maximum Gasteiger partial charge on any atom is 0.318 e. The molecule has 0 aromatic heterocycles. The Morgan fingerprint density at radius 3 is 2.23 bits per heavy atom. The predicted molar refractivity (Wildman–Crippen MR) is 159 cm³/mol. The second-order valence-electron chi connectivity index (χ2n) is 11.4. The van der Waals surface area contributed by atoms with Gasteiger partial charge >= 0.3 is 6.03 Å². The molecular formula is C33H46N4O3. The minimum absolute atomic E-state index is 0.0426. The van der Waals surface area contributed by atoms with Crippen LogP contribution in [0.4, 0.5) is 4.79 Å². The summed E-state index contributed by atoms with van der Waals surface area (Å²) in [4.78, 5) is 28.9. The molecule has 1 saturated carbocycles. The zero-order valence-electron chi connectivity index (χ0n) is 24.0. The number of rotatable bonds is 7. The van der Waals surface area contributed by atoms with Crippen LogP contribution in [0.15, 0.2) is 73.3 Å². The molecule has 3 fully saturated rings. The van der Waals surface area contributed by atoms with Gasteiger partial charge in [-0.15, -0.1) is 6.58 Å². The Bertz CT molecular complexity index is 1070. The van der Waals surface area contributed by atoms with Gasteiger partial charge in [0, 0.05) is 50.6 Å². The van der Waals surface area contributed by atoms with Gasteiger partial charge in [-0.3, -0.25) is 4.79 Å². The van der Waals surface area contributed by atoms with Gasteiger partial charge in [0.2, 0.25) is 5.91 Å². The van der Waals surface area contributed by atoms with E-state index in [0.29, 0.717) is 37.4 Å². The quantitative estimate of drug-likeness (QED) is 0.418. The minimum Gasteiger partial charge on any atom is -0.342 e. The van der Waals surface area contributed by atoms with Crippen molar-refractivity contribution >= 4 is 11.9 Å². The van der Waals surface area contributed by atoms with Crippen LogP contribution in [0.1, 0.15) is 75.0 Å². The first-order valence-electron chi connectivity index (χ1n) is 15.0. The van der Waals surface area contributed by atoms with E-state index in [1.165, 1.54) is 23.5 Å². The highest BCUT2D eigenvalue weighted by Gasteiger charge is 2.32. The van der Waals surface area contributed by atoms with Gasteiger partial charge in [0.05, 0.1) is 6.04 Å². The van der Waals surface area contributed by atoms with Gasteiger partial charge in [-0.05, 0) is 50.2 Å². The van der Waals surface area contributed by atoms with E-state index in [1.807, 2.05) is 42.2 Å². The lowest BCUT2D eigenvalue weighted by Crippen LogP contribution is -2.50. The van der Waals surface area contributed by atoms with Crippen molar-refractivity contribution in [2.24, 2.45) is 5.92 Å². The summed E-state index contributed by atoms with van der Waals surface area (Å²) in [5.41, 5.74) is 2.47. The molecule has 2 N–H and O–H groups in total. The molecule has 3 aliphatic rings. The normalized spacial score (nSPS) is 20.9. The summed E-state index contributed by atoms with van der Waals surface area (Å²) in [6.45, 7) is 9.32. The molecule has 2 aromatic carbocycles. The molecule has 0 radical (unpaired) electrons. The summed E-state index contributed by atoms with van der Waals surface area (Å²) in [5.74, 6) is 1.31. The monoisotopic (exact) mass is 546 g/mol. The first-order chi connectivity index (χ1) is 19.5. The van der Waals surface area contributed by atoms with E-state index in [-0.39, 0.29) is 18.1 Å². The molecule has 7 nitrogen and oxygen atoms in total. The highest BCUT2D eigenvalue weighted by molar-refractivity contribution is 5.79. The standard InChI is InChI=1S/C17H25N3O2.C16H21NO/c1-3-11-20(16-9-12-19(22)13-10-16)17(21)18-14(2)15-7-5-4-6-8-15;18-16(14-8-4-5-9-14)17-11-10-15(12-17)13-6-2-1-3-7-13/h3-8,14,16,22H,1,9-13H2,2H3,(H,18,21);1-3,6-7,14-15H,4-5,8-12H2. The lowest BCUT2D eigenvalue weighted by atomic mass is 9.99. The van der Waals surface area contributed by atoms with Crippen LogP contribution < -0.4 is 5.32 Å². The molecule has 3 amide bonds. The molecular weight excluding hydrogens is 500 g/mol. The number of hydrogen-bond acceptors (Lipinski definition) is 4. The van der Waals surface area contributed by atoms with E-state index < -0.39 is 0 Å². The molecule has 1 aliphatic carbocycles. The molecule has 216 valence electrons. The molecule has 2 saturated heterocycles. The van der Waals surface area contributed by atoms with Gasteiger partial charge in [-0.1, -0.05) is 79.6 Å². The average Bonchev–Trinajstić information content (AvgIpc) is 3.71. The smallest absolute Gasteiger partial charge is 0.318 e. The molecule has 2 atom stereocenters. The molecule has 5 rings (SSSR count). The SMILES string of the molecule is C=CCN(C(=O)NC(C)c1ccccc1)C1CCN(O)CC1.O=C(C1CCCC1)N1CCC(c2ccccc2)C1. The average molecular weight is 547 g/mol. The Morgan fingerprint density at radius 2 is 1.60 bits per heavy atom. The maximum atomic E-state index is 12.6. The van der Waals surface area contributed by atoms with Crippen LogP contribution in [0, 0.1) is 5.92 Å². The van der Waals surface area contributed by atoms with E-state index in [4.69, 9.17) is 0 Å². The molecule has 7 heteroatoms. The van der Waals surface area contributed by atoms with E-state index in [2.05, 4.69) is 47.1 Å². The number of amides is 3. The summed E-state index contributed by atoms with van der Waals surface area (Å²) in [6, 6.07) is 20.6. The Labute approximate surface area is 239 Å². The van der Waals surface area contributed by atoms with E-state index in [9.17, 15) is 14.8 Å². The van der Waals surface area contributed by atoms with Crippen molar-refractivity contribution in [1.82, 2.24) is 20.2 Å². The van der Waals surface area contributed by atoms with Crippen LogP contribution in [0.2, 0.25) is 0 Å².